The largest absolute Gasteiger partial charge is 0.311 e. The van der Waals surface area contributed by atoms with Crippen molar-refractivity contribution in [3.05, 3.63) is 133 Å². The summed E-state index contributed by atoms with van der Waals surface area (Å²) in [6.45, 7) is 4.27. The molecule has 0 unspecified atom stereocenters. The minimum Gasteiger partial charge on any atom is -0.311 e. The third kappa shape index (κ3) is 3.68. The summed E-state index contributed by atoms with van der Waals surface area (Å²) in [4.78, 5) is 2.26. The van der Waals surface area contributed by atoms with E-state index >= 15 is 0 Å². The topological polar surface area (TPSA) is 3.24 Å². The van der Waals surface area contributed by atoms with E-state index in [0.29, 0.717) is 0 Å². The van der Waals surface area contributed by atoms with Crippen molar-refractivity contribution in [3.63, 3.8) is 0 Å². The third-order valence-corrected chi connectivity index (χ3v) is 4.63. The van der Waals surface area contributed by atoms with Gasteiger partial charge < -0.3 is 4.90 Å². The van der Waals surface area contributed by atoms with Crippen molar-refractivity contribution in [3.8, 4) is 0 Å². The lowest BCUT2D eigenvalue weighted by Crippen LogP contribution is -2.09. The average molecular weight is 347 g/mol. The molecule has 0 aromatic heterocycles. The van der Waals surface area contributed by atoms with Crippen LogP contribution in [0.5, 0.6) is 0 Å². The van der Waals surface area contributed by atoms with Crippen molar-refractivity contribution in [2.45, 2.75) is 0 Å². The van der Waals surface area contributed by atoms with E-state index in [0.717, 1.165) is 33.8 Å². The first-order valence-electron chi connectivity index (χ1n) is 9.08. The SMILES string of the molecule is C=C(c1ccccc1)c1ccc(N(c2ccccc2)c2ccccc2)cc1. The molecule has 4 aromatic rings. The summed E-state index contributed by atoms with van der Waals surface area (Å²) in [5.41, 5.74) is 6.71. The van der Waals surface area contributed by atoms with Gasteiger partial charge in [0.1, 0.15) is 0 Å². The van der Waals surface area contributed by atoms with Crippen LogP contribution in [0.2, 0.25) is 0 Å². The summed E-state index contributed by atoms with van der Waals surface area (Å²) in [7, 11) is 0. The minimum absolute atomic E-state index is 1.04. The number of anilines is 3. The van der Waals surface area contributed by atoms with E-state index in [2.05, 4.69) is 96.4 Å². The molecule has 0 bridgehead atoms. The summed E-state index contributed by atoms with van der Waals surface area (Å²) in [6.07, 6.45) is 0. The molecule has 1 heteroatoms. The molecule has 27 heavy (non-hydrogen) atoms. The molecule has 4 aromatic carbocycles. The van der Waals surface area contributed by atoms with Crippen LogP contribution in [0.4, 0.5) is 17.1 Å². The summed E-state index contributed by atoms with van der Waals surface area (Å²) in [6, 6.07) is 39.8. The van der Waals surface area contributed by atoms with Crippen LogP contribution in [0, 0.1) is 0 Å². The standard InChI is InChI=1S/C26H21N/c1-21(22-11-5-2-6-12-22)23-17-19-26(20-18-23)27(24-13-7-3-8-14-24)25-15-9-4-10-16-25/h2-20H,1H2. The second-order valence-electron chi connectivity index (χ2n) is 6.40. The zero-order valence-electron chi connectivity index (χ0n) is 15.1. The number of hydrogen-bond acceptors (Lipinski definition) is 1. The Balaban J connectivity index is 1.70. The van der Waals surface area contributed by atoms with Crippen molar-refractivity contribution in [1.29, 1.82) is 0 Å². The van der Waals surface area contributed by atoms with Gasteiger partial charge in [-0.2, -0.15) is 0 Å². The van der Waals surface area contributed by atoms with Gasteiger partial charge in [-0.25, -0.2) is 0 Å². The summed E-state index contributed by atoms with van der Waals surface area (Å²) < 4.78 is 0. The van der Waals surface area contributed by atoms with E-state index < -0.39 is 0 Å². The Kier molecular flexibility index (Phi) is 4.84. The Morgan fingerprint density at radius 2 is 0.815 bits per heavy atom. The van der Waals surface area contributed by atoms with Gasteiger partial charge in [-0.3, -0.25) is 0 Å². The van der Waals surface area contributed by atoms with E-state index in [4.69, 9.17) is 0 Å². The van der Waals surface area contributed by atoms with E-state index in [1.807, 2.05) is 30.3 Å². The monoisotopic (exact) mass is 347 g/mol. The van der Waals surface area contributed by atoms with Crippen LogP contribution in [0.25, 0.3) is 5.57 Å². The fourth-order valence-corrected chi connectivity index (χ4v) is 3.22. The van der Waals surface area contributed by atoms with E-state index in [9.17, 15) is 0 Å². The maximum atomic E-state index is 4.27. The first kappa shape index (κ1) is 16.9. The lowest BCUT2D eigenvalue weighted by Gasteiger charge is -2.25. The van der Waals surface area contributed by atoms with Crippen LogP contribution in [0.15, 0.2) is 122 Å². The smallest absolute Gasteiger partial charge is 0.0462 e. The van der Waals surface area contributed by atoms with E-state index in [1.54, 1.807) is 0 Å². The van der Waals surface area contributed by atoms with Gasteiger partial charge in [-0.15, -0.1) is 0 Å². The lowest BCUT2D eigenvalue weighted by atomic mass is 9.99. The molecule has 0 spiro atoms. The van der Waals surface area contributed by atoms with E-state index in [-0.39, 0.29) is 0 Å². The Morgan fingerprint density at radius 3 is 1.30 bits per heavy atom. The Hall–Kier alpha value is -3.58. The van der Waals surface area contributed by atoms with E-state index in [1.165, 1.54) is 0 Å². The molecule has 0 saturated carbocycles. The summed E-state index contributed by atoms with van der Waals surface area (Å²) >= 11 is 0. The normalized spacial score (nSPS) is 10.4. The van der Waals surface area contributed by atoms with Crippen molar-refractivity contribution in [2.75, 3.05) is 4.90 Å². The van der Waals surface area contributed by atoms with Crippen molar-refractivity contribution < 1.29 is 0 Å². The highest BCUT2D eigenvalue weighted by molar-refractivity contribution is 5.81. The molecule has 0 aliphatic carbocycles. The quantitative estimate of drug-likeness (QED) is 0.368. The molecule has 1 nitrogen and oxygen atoms in total. The number of hydrogen-bond donors (Lipinski definition) is 0. The molecular formula is C26H21N. The predicted octanol–water partition coefficient (Wildman–Crippen LogP) is 7.22. The summed E-state index contributed by atoms with van der Waals surface area (Å²) in [5.74, 6) is 0. The highest BCUT2D eigenvalue weighted by atomic mass is 15.1. The Morgan fingerprint density at radius 1 is 0.444 bits per heavy atom. The maximum absolute atomic E-state index is 4.27. The van der Waals surface area contributed by atoms with Gasteiger partial charge in [-0.1, -0.05) is 85.4 Å². The first-order chi connectivity index (χ1) is 13.3. The molecule has 0 amide bonds. The van der Waals surface area contributed by atoms with Gasteiger partial charge in [0.15, 0.2) is 0 Å². The Labute approximate surface area is 160 Å². The molecule has 0 aliphatic rings. The zero-order valence-corrected chi connectivity index (χ0v) is 15.1. The molecule has 130 valence electrons. The Bertz CT molecular complexity index is 965. The van der Waals surface area contributed by atoms with Gasteiger partial charge in [0, 0.05) is 17.1 Å². The van der Waals surface area contributed by atoms with Gasteiger partial charge in [0.05, 0.1) is 0 Å². The highest BCUT2D eigenvalue weighted by Crippen LogP contribution is 2.35. The molecule has 0 heterocycles. The van der Waals surface area contributed by atoms with Crippen LogP contribution in [0.3, 0.4) is 0 Å². The number of rotatable bonds is 5. The van der Waals surface area contributed by atoms with Gasteiger partial charge in [0.25, 0.3) is 0 Å². The second kappa shape index (κ2) is 7.76. The maximum Gasteiger partial charge on any atom is 0.0462 e. The molecule has 0 saturated heterocycles. The lowest BCUT2D eigenvalue weighted by molar-refractivity contribution is 1.28. The molecule has 0 aliphatic heterocycles. The number of benzene rings is 4. The fourth-order valence-electron chi connectivity index (χ4n) is 3.22. The van der Waals surface area contributed by atoms with Crippen molar-refractivity contribution in [1.82, 2.24) is 0 Å². The van der Waals surface area contributed by atoms with Gasteiger partial charge in [-0.05, 0) is 53.1 Å². The third-order valence-electron chi connectivity index (χ3n) is 4.63. The molecule has 0 radical (unpaired) electrons. The number of nitrogens with zero attached hydrogens (tertiary/aromatic N) is 1. The van der Waals surface area contributed by atoms with Crippen LogP contribution in [-0.2, 0) is 0 Å². The second-order valence-corrected chi connectivity index (χ2v) is 6.40. The average Bonchev–Trinajstić information content (AvgIpc) is 2.76. The van der Waals surface area contributed by atoms with Gasteiger partial charge in [0.2, 0.25) is 0 Å². The zero-order chi connectivity index (χ0) is 18.5. The van der Waals surface area contributed by atoms with Crippen LogP contribution in [0.1, 0.15) is 11.1 Å². The molecule has 0 fully saturated rings. The van der Waals surface area contributed by atoms with Crippen LogP contribution < -0.4 is 4.90 Å². The molecular weight excluding hydrogens is 326 g/mol. The van der Waals surface area contributed by atoms with Crippen LogP contribution in [-0.4, -0.2) is 0 Å². The molecule has 0 atom stereocenters. The predicted molar refractivity (Wildman–Crippen MR) is 116 cm³/mol. The fraction of sp³-hybridized carbons (Fsp3) is 0. The van der Waals surface area contributed by atoms with Crippen molar-refractivity contribution in [2.24, 2.45) is 0 Å². The first-order valence-corrected chi connectivity index (χ1v) is 9.08. The molecule has 4 rings (SSSR count). The molecule has 0 N–H and O–H groups in total. The highest BCUT2D eigenvalue weighted by Gasteiger charge is 2.12. The van der Waals surface area contributed by atoms with Gasteiger partial charge >= 0.3 is 0 Å². The number of para-hydroxylation sites is 2. The minimum atomic E-state index is 1.04. The van der Waals surface area contributed by atoms with Crippen LogP contribution >= 0.6 is 0 Å². The summed E-state index contributed by atoms with van der Waals surface area (Å²) in [5, 5.41) is 0. The van der Waals surface area contributed by atoms with Crippen molar-refractivity contribution >= 4 is 22.6 Å².